The van der Waals surface area contributed by atoms with Gasteiger partial charge in [-0.3, -0.25) is 0 Å². The van der Waals surface area contributed by atoms with Gasteiger partial charge >= 0.3 is 0 Å². The second-order valence-corrected chi connectivity index (χ2v) is 3.20. The number of allylic oxidation sites excluding steroid dienone is 2. The van der Waals surface area contributed by atoms with Crippen LogP contribution < -0.4 is 10.6 Å². The highest BCUT2D eigenvalue weighted by Gasteiger charge is 2.05. The van der Waals surface area contributed by atoms with E-state index in [9.17, 15) is 0 Å². The average molecular weight is 196 g/mol. The van der Waals surface area contributed by atoms with Crippen LogP contribution in [0, 0.1) is 0 Å². The number of fused-ring (bicyclic) bond motifs is 1. The Bertz CT molecular complexity index is 588. The summed E-state index contributed by atoms with van der Waals surface area (Å²) in [6.07, 6.45) is 13.3. The van der Waals surface area contributed by atoms with Crippen LogP contribution in [0.25, 0.3) is 24.3 Å². The van der Waals surface area contributed by atoms with E-state index in [-0.39, 0.29) is 0 Å². The first-order chi connectivity index (χ1) is 7.36. The average Bonchev–Trinajstić information content (AvgIpc) is 2.43. The van der Waals surface area contributed by atoms with E-state index < -0.39 is 0 Å². The van der Waals surface area contributed by atoms with Gasteiger partial charge in [-0.25, -0.2) is 0 Å². The first kappa shape index (κ1) is 9.57. The van der Waals surface area contributed by atoms with Crippen LogP contribution in [-0.2, 0) is 0 Å². The molecule has 2 rings (SSSR count). The lowest BCUT2D eigenvalue weighted by Crippen LogP contribution is -2.20. The summed E-state index contributed by atoms with van der Waals surface area (Å²) in [5.41, 5.74) is 4.90. The lowest BCUT2D eigenvalue weighted by molar-refractivity contribution is 0.521. The van der Waals surface area contributed by atoms with Gasteiger partial charge in [0, 0.05) is 10.8 Å². The molecule has 0 bridgehead atoms. The van der Waals surface area contributed by atoms with E-state index in [1.807, 2.05) is 49.5 Å². The van der Waals surface area contributed by atoms with Crippen molar-refractivity contribution in [3.63, 3.8) is 0 Å². The second kappa shape index (κ2) is 4.04. The summed E-state index contributed by atoms with van der Waals surface area (Å²) < 4.78 is 5.71. The molecule has 0 radical (unpaired) electrons. The summed E-state index contributed by atoms with van der Waals surface area (Å²) in [5, 5.41) is 1.07. The smallest absolute Gasteiger partial charge is 0.136 e. The molecule has 0 saturated heterocycles. The van der Waals surface area contributed by atoms with Crippen molar-refractivity contribution in [3.8, 4) is 0 Å². The fraction of sp³-hybridized carbons (Fsp3) is 0.0714. The predicted octanol–water partition coefficient (Wildman–Crippen LogP) is 2.24. The Kier molecular flexibility index (Phi) is 2.57. The Morgan fingerprint density at radius 1 is 1.33 bits per heavy atom. The molecule has 1 aromatic heterocycles. The summed E-state index contributed by atoms with van der Waals surface area (Å²) in [4.78, 5) is 0. The zero-order valence-corrected chi connectivity index (χ0v) is 8.66. The third kappa shape index (κ3) is 1.65. The van der Waals surface area contributed by atoms with E-state index in [0.29, 0.717) is 0 Å². The molecule has 0 aromatic carbocycles. The SMILES string of the molecule is C=Cc1c(/C=C\C)oc2c1=CC=C=CC=2. The van der Waals surface area contributed by atoms with Crippen LogP contribution in [-0.4, -0.2) is 0 Å². The molecule has 0 spiro atoms. The highest BCUT2D eigenvalue weighted by molar-refractivity contribution is 5.64. The zero-order chi connectivity index (χ0) is 10.7. The molecule has 0 saturated carbocycles. The quantitative estimate of drug-likeness (QED) is 0.661. The van der Waals surface area contributed by atoms with Crippen LogP contribution in [0.2, 0.25) is 0 Å². The molecule has 1 aliphatic rings. The first-order valence-corrected chi connectivity index (χ1v) is 4.88. The normalized spacial score (nSPS) is 13.1. The lowest BCUT2D eigenvalue weighted by Gasteiger charge is -1.87. The minimum absolute atomic E-state index is 0.855. The molecular weight excluding hydrogens is 184 g/mol. The fourth-order valence-corrected chi connectivity index (χ4v) is 1.59. The van der Waals surface area contributed by atoms with Crippen LogP contribution in [0.4, 0.5) is 0 Å². The predicted molar refractivity (Wildman–Crippen MR) is 64.3 cm³/mol. The Morgan fingerprint density at radius 3 is 2.87 bits per heavy atom. The van der Waals surface area contributed by atoms with Crippen LogP contribution in [0.5, 0.6) is 0 Å². The molecule has 0 amide bonds. The van der Waals surface area contributed by atoms with Gasteiger partial charge in [-0.1, -0.05) is 18.7 Å². The van der Waals surface area contributed by atoms with Gasteiger partial charge in [0.15, 0.2) is 0 Å². The van der Waals surface area contributed by atoms with Crippen molar-refractivity contribution in [3.05, 3.63) is 52.5 Å². The van der Waals surface area contributed by atoms with E-state index in [1.54, 1.807) is 0 Å². The number of rotatable bonds is 2. The van der Waals surface area contributed by atoms with Crippen LogP contribution >= 0.6 is 0 Å². The van der Waals surface area contributed by atoms with Crippen molar-refractivity contribution in [1.29, 1.82) is 0 Å². The zero-order valence-electron chi connectivity index (χ0n) is 8.66. The van der Waals surface area contributed by atoms with E-state index in [0.717, 1.165) is 22.0 Å². The maximum atomic E-state index is 5.71. The van der Waals surface area contributed by atoms with Crippen LogP contribution in [0.3, 0.4) is 0 Å². The maximum Gasteiger partial charge on any atom is 0.136 e. The maximum absolute atomic E-state index is 5.71. The summed E-state index contributed by atoms with van der Waals surface area (Å²) >= 11 is 0. The third-order valence-electron chi connectivity index (χ3n) is 2.24. The van der Waals surface area contributed by atoms with Gasteiger partial charge in [-0.2, -0.15) is 0 Å². The van der Waals surface area contributed by atoms with Crippen LogP contribution in [0.15, 0.2) is 35.0 Å². The van der Waals surface area contributed by atoms with Gasteiger partial charge in [0.1, 0.15) is 11.2 Å². The Hall–Kier alpha value is -1.98. The fourth-order valence-electron chi connectivity index (χ4n) is 1.59. The van der Waals surface area contributed by atoms with E-state index in [2.05, 4.69) is 12.3 Å². The second-order valence-electron chi connectivity index (χ2n) is 3.20. The Morgan fingerprint density at radius 2 is 2.13 bits per heavy atom. The molecule has 1 nitrogen and oxygen atoms in total. The number of hydrogen-bond donors (Lipinski definition) is 0. The first-order valence-electron chi connectivity index (χ1n) is 4.88. The summed E-state index contributed by atoms with van der Waals surface area (Å²) in [5.74, 6) is 0.855. The summed E-state index contributed by atoms with van der Waals surface area (Å²) in [7, 11) is 0. The monoisotopic (exact) mass is 196 g/mol. The van der Waals surface area contributed by atoms with Crippen LogP contribution in [0.1, 0.15) is 18.2 Å². The van der Waals surface area contributed by atoms with Gasteiger partial charge in [0.05, 0.1) is 0 Å². The molecule has 1 heteroatoms. The van der Waals surface area contributed by atoms with Crippen molar-refractivity contribution in [2.24, 2.45) is 0 Å². The van der Waals surface area contributed by atoms with Crippen molar-refractivity contribution in [1.82, 2.24) is 0 Å². The molecule has 1 heterocycles. The topological polar surface area (TPSA) is 13.1 Å². The Labute approximate surface area is 88.7 Å². The van der Waals surface area contributed by atoms with Crippen molar-refractivity contribution in [2.75, 3.05) is 0 Å². The van der Waals surface area contributed by atoms with Gasteiger partial charge in [-0.15, -0.1) is 5.73 Å². The van der Waals surface area contributed by atoms with Gasteiger partial charge < -0.3 is 4.42 Å². The molecule has 0 unspecified atom stereocenters. The lowest BCUT2D eigenvalue weighted by atomic mass is 10.2. The van der Waals surface area contributed by atoms with Crippen molar-refractivity contribution in [2.45, 2.75) is 6.92 Å². The minimum atomic E-state index is 0.855. The third-order valence-corrected chi connectivity index (χ3v) is 2.24. The van der Waals surface area contributed by atoms with E-state index >= 15 is 0 Å². The highest BCUT2D eigenvalue weighted by Crippen LogP contribution is 2.06. The largest absolute Gasteiger partial charge is 0.456 e. The highest BCUT2D eigenvalue weighted by atomic mass is 16.3. The molecule has 74 valence electrons. The van der Waals surface area contributed by atoms with Crippen molar-refractivity contribution < 1.29 is 4.42 Å². The summed E-state index contributed by atoms with van der Waals surface area (Å²) in [6.45, 7) is 5.78. The molecule has 0 atom stereocenters. The van der Waals surface area contributed by atoms with E-state index in [4.69, 9.17) is 4.42 Å². The molecule has 0 N–H and O–H groups in total. The summed E-state index contributed by atoms with van der Waals surface area (Å²) in [6, 6.07) is 0. The minimum Gasteiger partial charge on any atom is -0.456 e. The van der Waals surface area contributed by atoms with Crippen molar-refractivity contribution >= 4 is 24.3 Å². The molecule has 1 aromatic rings. The number of furan rings is 1. The number of hydrogen-bond acceptors (Lipinski definition) is 1. The van der Waals surface area contributed by atoms with Gasteiger partial charge in [-0.05, 0) is 37.3 Å². The molecule has 0 aliphatic heterocycles. The van der Waals surface area contributed by atoms with E-state index in [1.165, 1.54) is 0 Å². The Balaban J connectivity index is 2.83. The molecular formula is C14H12O. The molecule has 1 aliphatic carbocycles. The van der Waals surface area contributed by atoms with Gasteiger partial charge in [0.25, 0.3) is 0 Å². The molecule has 15 heavy (non-hydrogen) atoms. The van der Waals surface area contributed by atoms with Gasteiger partial charge in [0.2, 0.25) is 0 Å². The standard InChI is InChI=1S/C14H12O/c1-3-8-13-11(4-2)12-9-6-5-7-10-14(12)15-13/h3-4,6-10H,2H2,1H3/b8-3-. The molecule has 0 fully saturated rings.